The first kappa shape index (κ1) is 40.7. The molecule has 69 heavy (non-hydrogen) atoms. The van der Waals surface area contributed by atoms with Crippen LogP contribution in [0, 0.1) is 0 Å². The maximum absolute atomic E-state index is 2.58. The van der Waals surface area contributed by atoms with Gasteiger partial charge in [0.1, 0.15) is 0 Å². The van der Waals surface area contributed by atoms with E-state index in [0.29, 0.717) is 0 Å². The quantitative estimate of drug-likeness (QED) is 0.153. The molecule has 3 heterocycles. The van der Waals surface area contributed by atoms with Crippen LogP contribution in [0.4, 0.5) is 0 Å². The van der Waals surface area contributed by atoms with Crippen molar-refractivity contribution in [2.45, 2.75) is 57.8 Å². The Morgan fingerprint density at radius 1 is 0.333 bits per heavy atom. The molecule has 332 valence electrons. The van der Waals surface area contributed by atoms with Crippen LogP contribution < -0.4 is 0 Å². The third-order valence-corrected chi connectivity index (χ3v) is 19.3. The predicted octanol–water partition coefficient (Wildman–Crippen LogP) is 18.2. The van der Waals surface area contributed by atoms with Gasteiger partial charge in [0, 0.05) is 66.6 Å². The lowest BCUT2D eigenvalue weighted by Gasteiger charge is -2.23. The highest BCUT2D eigenvalue weighted by Gasteiger charge is 2.41. The molecule has 0 saturated carbocycles. The second kappa shape index (κ2) is 13.4. The van der Waals surface area contributed by atoms with Crippen LogP contribution in [0.5, 0.6) is 0 Å². The summed E-state index contributed by atoms with van der Waals surface area (Å²) in [5.74, 6) is 0. The molecule has 0 unspecified atom stereocenters. The Morgan fingerprint density at radius 3 is 1.68 bits per heavy atom. The van der Waals surface area contributed by atoms with Crippen molar-refractivity contribution in [3.63, 3.8) is 0 Å². The summed E-state index contributed by atoms with van der Waals surface area (Å²) in [5, 5.41) is 7.95. The van der Waals surface area contributed by atoms with E-state index in [0.717, 1.165) is 0 Å². The van der Waals surface area contributed by atoms with Crippen molar-refractivity contribution >= 4 is 111 Å². The number of benzene rings is 9. The molecule has 12 aromatic rings. The Morgan fingerprint density at radius 2 is 0.870 bits per heavy atom. The molecule has 3 aromatic heterocycles. The number of fused-ring (bicyclic) bond motifs is 20. The molecule has 0 bridgehead atoms. The summed E-state index contributed by atoms with van der Waals surface area (Å²) in [6.07, 6.45) is 0. The van der Waals surface area contributed by atoms with E-state index in [1.807, 2.05) is 0 Å². The summed E-state index contributed by atoms with van der Waals surface area (Å²) in [7, 11) is 2.20. The number of aryl methyl sites for hydroxylation is 1. The number of aromatic nitrogens is 3. The minimum absolute atomic E-state index is 0.0328. The van der Waals surface area contributed by atoms with Gasteiger partial charge in [-0.1, -0.05) is 151 Å². The van der Waals surface area contributed by atoms with Gasteiger partial charge in [-0.3, -0.25) is 5.56 Å². The van der Waals surface area contributed by atoms with Crippen LogP contribution in [0.15, 0.2) is 158 Å². The fourth-order valence-electron chi connectivity index (χ4n) is 13.8. The highest BCUT2D eigenvalue weighted by atomic mass is 127. The molecule has 15 rings (SSSR count). The minimum atomic E-state index is -0.206. The van der Waals surface area contributed by atoms with Gasteiger partial charge < -0.3 is 4.57 Å². The lowest BCUT2D eigenvalue weighted by Crippen LogP contribution is -2.16. The fraction of sp³-hybridized carbons (Fsp3) is 0.156. The van der Waals surface area contributed by atoms with Gasteiger partial charge in [-0.2, -0.15) is 0 Å². The molecule has 0 fully saturated rings. The Balaban J connectivity index is 0.815. The second-order valence-electron chi connectivity index (χ2n) is 21.7. The Kier molecular flexibility index (Phi) is 7.89. The van der Waals surface area contributed by atoms with Crippen LogP contribution in [0.25, 0.3) is 121 Å². The maximum Gasteiger partial charge on any atom is 0.0646 e. The lowest BCUT2D eigenvalue weighted by atomic mass is 9.80. The van der Waals surface area contributed by atoms with E-state index < -0.39 is 0 Å². The number of hydrogen-bond donors (Lipinski definition) is 0. The van der Waals surface area contributed by atoms with E-state index in [1.165, 1.54) is 154 Å². The summed E-state index contributed by atoms with van der Waals surface area (Å²) >= 11 is 5.11. The van der Waals surface area contributed by atoms with Crippen molar-refractivity contribution in [3.05, 3.63) is 191 Å². The Labute approximate surface area is 429 Å². The number of hydrogen-bond acceptors (Lipinski definition) is 0. The molecule has 0 spiro atoms. The molecule has 5 heteroatoms. The van der Waals surface area contributed by atoms with Crippen LogP contribution in [0.3, 0.4) is 0 Å². The standard InChI is InChI=1S/C64H47I2N3/c1-62(2)49-14-10-8-12-38(49)47-32-48-41-22-18-37(30-55(41)68(65)57(48)33-52(47)62)35-16-20-39-42-23-24-44-40-21-17-36(31-56(40)69(66)61(44)60(42)64(5,6)51(39)29-35)34-19-26-50-46(28-34)43-25-27-54-58(59(43)63(50,3)4)45-13-9-11-15-53(45)67(54)7/h8-33H,1-7H3. The molecule has 3 nitrogen and oxygen atoms in total. The Bertz CT molecular complexity index is 4370. The molecule has 0 N–H and O–H groups in total. The van der Waals surface area contributed by atoms with Gasteiger partial charge in [0.2, 0.25) is 0 Å². The maximum atomic E-state index is 2.58. The highest BCUT2D eigenvalue weighted by Crippen LogP contribution is 2.57. The first-order chi connectivity index (χ1) is 33.2. The van der Waals surface area contributed by atoms with Gasteiger partial charge in [0.15, 0.2) is 0 Å². The smallest absolute Gasteiger partial charge is 0.0646 e. The van der Waals surface area contributed by atoms with Gasteiger partial charge in [-0.25, -0.2) is 0 Å². The van der Waals surface area contributed by atoms with Gasteiger partial charge in [0.05, 0.1) is 67.8 Å². The van der Waals surface area contributed by atoms with Crippen LogP contribution in [0.2, 0.25) is 0 Å². The zero-order valence-electron chi connectivity index (χ0n) is 39.6. The van der Waals surface area contributed by atoms with Crippen molar-refractivity contribution in [2.24, 2.45) is 7.05 Å². The fourth-order valence-corrected chi connectivity index (χ4v) is 15.5. The largest absolute Gasteiger partial charge is 0.344 e. The Hall–Kier alpha value is -6.16. The molecule has 9 aromatic carbocycles. The average molecular weight is 1110 g/mol. The molecule has 0 atom stereocenters. The minimum Gasteiger partial charge on any atom is -0.344 e. The van der Waals surface area contributed by atoms with E-state index in [9.17, 15) is 0 Å². The van der Waals surface area contributed by atoms with Crippen molar-refractivity contribution in [2.75, 3.05) is 0 Å². The van der Waals surface area contributed by atoms with E-state index >= 15 is 0 Å². The van der Waals surface area contributed by atoms with Crippen LogP contribution in [0.1, 0.15) is 74.9 Å². The normalized spacial score (nSPS) is 15.7. The third-order valence-electron chi connectivity index (χ3n) is 17.2. The summed E-state index contributed by atoms with van der Waals surface area (Å²) < 4.78 is 7.19. The van der Waals surface area contributed by atoms with Crippen molar-refractivity contribution in [1.82, 2.24) is 10.1 Å². The molecule has 0 radical (unpaired) electrons. The summed E-state index contributed by atoms with van der Waals surface area (Å²) in [4.78, 5) is 0. The molecule has 0 aliphatic heterocycles. The van der Waals surface area contributed by atoms with E-state index in [-0.39, 0.29) is 16.2 Å². The predicted molar refractivity (Wildman–Crippen MR) is 309 cm³/mol. The van der Waals surface area contributed by atoms with Gasteiger partial charge >= 0.3 is 0 Å². The topological polar surface area (TPSA) is 14.8 Å². The zero-order valence-corrected chi connectivity index (χ0v) is 43.9. The molecule has 3 aliphatic carbocycles. The number of nitrogens with zero attached hydrogens (tertiary/aromatic N) is 3. The van der Waals surface area contributed by atoms with Crippen LogP contribution in [-0.4, -0.2) is 10.1 Å². The number of para-hydroxylation sites is 1. The average Bonchev–Trinajstić information content (AvgIpc) is 4.11. The third kappa shape index (κ3) is 5.03. The molecule has 0 amide bonds. The monoisotopic (exact) mass is 1110 g/mol. The molecular formula is C64H47I2N3. The lowest BCUT2D eigenvalue weighted by molar-refractivity contribution is 0.661. The van der Waals surface area contributed by atoms with Crippen LogP contribution >= 0.6 is 45.7 Å². The number of halogens is 2. The second-order valence-corrected chi connectivity index (χ2v) is 23.7. The van der Waals surface area contributed by atoms with Crippen molar-refractivity contribution < 1.29 is 0 Å². The SMILES string of the molecule is Cn1c2ccccc2c2c3c(ccc21)-c1cc(-c2ccc4c5ccc6c(c5n(I)c4c2)C(C)(C)c2cc(-c4ccc5c7cc8c(cc7n(I)c5c4)C(C)(C)c4ccccc4-8)ccc2-6)ccc1C3(C)C. The van der Waals surface area contributed by atoms with E-state index in [4.69, 9.17) is 0 Å². The molecular weight excluding hydrogens is 1060 g/mol. The first-order valence-corrected chi connectivity index (χ1v) is 26.1. The van der Waals surface area contributed by atoms with Gasteiger partial charge in [-0.05, 0) is 138 Å². The van der Waals surface area contributed by atoms with Gasteiger partial charge in [-0.15, -0.1) is 0 Å². The zero-order chi connectivity index (χ0) is 46.8. The van der Waals surface area contributed by atoms with E-state index in [2.05, 4.69) is 262 Å². The number of rotatable bonds is 2. The van der Waals surface area contributed by atoms with Crippen molar-refractivity contribution in [1.29, 1.82) is 0 Å². The van der Waals surface area contributed by atoms with Crippen molar-refractivity contribution in [3.8, 4) is 55.6 Å². The summed E-state index contributed by atoms with van der Waals surface area (Å²) in [5.41, 5.74) is 28.9. The summed E-state index contributed by atoms with van der Waals surface area (Å²) in [6, 6.07) is 60.8. The van der Waals surface area contributed by atoms with Gasteiger partial charge in [0.25, 0.3) is 0 Å². The van der Waals surface area contributed by atoms with Crippen LogP contribution in [-0.2, 0) is 23.3 Å². The first-order valence-electron chi connectivity index (χ1n) is 24.2. The summed E-state index contributed by atoms with van der Waals surface area (Å²) in [6.45, 7) is 14.4. The highest BCUT2D eigenvalue weighted by molar-refractivity contribution is 14.1. The van der Waals surface area contributed by atoms with E-state index in [1.54, 1.807) is 0 Å². The molecule has 0 saturated heterocycles. The molecule has 3 aliphatic rings.